The lowest BCUT2D eigenvalue weighted by Gasteiger charge is -2.35. The highest BCUT2D eigenvalue weighted by molar-refractivity contribution is 5.98. The van der Waals surface area contributed by atoms with Gasteiger partial charge in [0.25, 0.3) is 5.91 Å². The standard InChI is InChI=1S/C43H50F4N8O5.ClH/c1-25-22-31(39(58)55(3)33-18-20-54(2)21-19-33)14-17-34(25)28-8-4-26(5-9-28)23-35(50-37(56)30-10-6-27(24-48)7-11-30)38(57)49-32-15-12-29(13-16-32)36-51-40(53-52-36)42(44,45)43(46,47)41(59)60;/h4-5,8-9,12-17,22,27,30,33,35H,6-7,10-11,18-21,23-24,48H2,1-3H3,(H,49,57)(H,50,56)(H,59,60)(H,51,52,53);1H/t27?,30?,35-;/m0./s1. The van der Waals surface area contributed by atoms with Gasteiger partial charge in [-0.1, -0.05) is 30.3 Å². The van der Waals surface area contributed by atoms with Crippen LogP contribution in [0.1, 0.15) is 65.8 Å². The quantitative estimate of drug-likeness (QED) is 0.0910. The number of carboxylic acids is 1. The fourth-order valence-electron chi connectivity index (χ4n) is 7.84. The third kappa shape index (κ3) is 10.6. The van der Waals surface area contributed by atoms with Gasteiger partial charge in [-0.15, -0.1) is 22.6 Å². The molecule has 0 bridgehead atoms. The summed E-state index contributed by atoms with van der Waals surface area (Å²) in [5, 5.41) is 20.8. The largest absolute Gasteiger partial charge is 0.477 e. The second-order valence-corrected chi connectivity index (χ2v) is 15.9. The Labute approximate surface area is 357 Å². The van der Waals surface area contributed by atoms with Crippen molar-refractivity contribution in [2.45, 2.75) is 75.8 Å². The Balaban J connectivity index is 0.00000704. The molecule has 1 aliphatic carbocycles. The van der Waals surface area contributed by atoms with E-state index in [1.54, 1.807) is 0 Å². The highest BCUT2D eigenvalue weighted by Crippen LogP contribution is 2.42. The predicted molar refractivity (Wildman–Crippen MR) is 224 cm³/mol. The number of carboxylic acid groups (broad SMARTS) is 1. The summed E-state index contributed by atoms with van der Waals surface area (Å²) >= 11 is 0. The number of likely N-dealkylation sites (tertiary alicyclic amines) is 1. The van der Waals surface area contributed by atoms with Gasteiger partial charge in [0, 0.05) is 42.2 Å². The number of carbonyl (C=O) groups excluding carboxylic acids is 3. The Bertz CT molecular complexity index is 2170. The van der Waals surface area contributed by atoms with E-state index in [-0.39, 0.29) is 59.7 Å². The van der Waals surface area contributed by atoms with Gasteiger partial charge in [-0.3, -0.25) is 14.4 Å². The molecule has 1 atom stereocenters. The number of halogens is 5. The Kier molecular flexibility index (Phi) is 15.0. The molecular formula is C43H51ClF4N8O5. The first-order valence-electron chi connectivity index (χ1n) is 20.0. The van der Waals surface area contributed by atoms with Crippen molar-refractivity contribution in [3.63, 3.8) is 0 Å². The molecule has 6 rings (SSSR count). The lowest BCUT2D eigenvalue weighted by atomic mass is 9.81. The van der Waals surface area contributed by atoms with E-state index < -0.39 is 35.6 Å². The molecule has 6 N–H and O–H groups in total. The van der Waals surface area contributed by atoms with Gasteiger partial charge in [-0.2, -0.15) is 17.6 Å². The summed E-state index contributed by atoms with van der Waals surface area (Å²) in [6, 6.07) is 18.1. The van der Waals surface area contributed by atoms with Gasteiger partial charge >= 0.3 is 17.8 Å². The van der Waals surface area contributed by atoms with Crippen LogP contribution in [-0.4, -0.2) is 106 Å². The van der Waals surface area contributed by atoms with Crippen LogP contribution in [0.15, 0.2) is 66.7 Å². The van der Waals surface area contributed by atoms with E-state index in [4.69, 9.17) is 10.8 Å². The van der Waals surface area contributed by atoms with Crippen molar-refractivity contribution in [1.29, 1.82) is 0 Å². The SMILES string of the molecule is Cc1cc(C(=O)N(C)C2CCN(C)CC2)ccc1-c1ccc(C[C@H](NC(=O)C2CCC(CN)CC2)C(=O)Nc2ccc(-c3nnc(C(F)(F)C(F)(F)C(=O)O)[nH]3)cc2)cc1.Cl. The molecule has 1 saturated carbocycles. The molecule has 18 heteroatoms. The fraction of sp³-hybridized carbons (Fsp3) is 0.442. The maximum atomic E-state index is 14.3. The number of nitrogens with two attached hydrogens (primary N) is 1. The summed E-state index contributed by atoms with van der Waals surface area (Å²) in [5.41, 5.74) is 10.5. The van der Waals surface area contributed by atoms with E-state index in [0.29, 0.717) is 30.9 Å². The molecule has 1 saturated heterocycles. The number of benzene rings is 3. The number of piperidine rings is 1. The zero-order chi connectivity index (χ0) is 43.4. The first-order chi connectivity index (χ1) is 28.5. The van der Waals surface area contributed by atoms with E-state index in [9.17, 15) is 36.7 Å². The molecule has 1 aliphatic heterocycles. The molecule has 3 aromatic carbocycles. The molecule has 0 radical (unpaired) electrons. The van der Waals surface area contributed by atoms with E-state index in [0.717, 1.165) is 61.0 Å². The maximum absolute atomic E-state index is 14.3. The molecule has 4 aromatic rings. The number of amides is 3. The number of carbonyl (C=O) groups is 4. The second kappa shape index (κ2) is 19.5. The van der Waals surface area contributed by atoms with Crippen molar-refractivity contribution in [2.24, 2.45) is 17.6 Å². The maximum Gasteiger partial charge on any atom is 0.411 e. The van der Waals surface area contributed by atoms with E-state index in [1.165, 1.54) is 24.3 Å². The molecular weight excluding hydrogens is 820 g/mol. The van der Waals surface area contributed by atoms with Crippen molar-refractivity contribution >= 4 is 41.8 Å². The van der Waals surface area contributed by atoms with Gasteiger partial charge in [0.15, 0.2) is 5.82 Å². The van der Waals surface area contributed by atoms with Crippen LogP contribution in [0.5, 0.6) is 0 Å². The minimum Gasteiger partial charge on any atom is -0.477 e. The summed E-state index contributed by atoms with van der Waals surface area (Å²) in [7, 11) is 3.95. The Morgan fingerprint density at radius 1 is 0.918 bits per heavy atom. The number of aromatic nitrogens is 3. The van der Waals surface area contributed by atoms with Crippen LogP contribution in [0.2, 0.25) is 0 Å². The normalized spacial score (nSPS) is 18.1. The number of aryl methyl sites for hydroxylation is 1. The first-order valence-corrected chi connectivity index (χ1v) is 20.0. The van der Waals surface area contributed by atoms with E-state index >= 15 is 0 Å². The van der Waals surface area contributed by atoms with Crippen molar-refractivity contribution in [3.8, 4) is 22.5 Å². The monoisotopic (exact) mass is 870 g/mol. The van der Waals surface area contributed by atoms with Crippen LogP contribution in [-0.2, 0) is 26.7 Å². The van der Waals surface area contributed by atoms with Crippen LogP contribution in [0.3, 0.4) is 0 Å². The summed E-state index contributed by atoms with van der Waals surface area (Å²) in [6.45, 7) is 4.42. The lowest BCUT2D eigenvalue weighted by Crippen LogP contribution is -2.48. The number of nitrogens with zero attached hydrogens (tertiary/aromatic N) is 4. The van der Waals surface area contributed by atoms with Crippen molar-refractivity contribution in [1.82, 2.24) is 30.3 Å². The number of H-pyrrole nitrogens is 1. The Morgan fingerprint density at radius 2 is 1.54 bits per heavy atom. The van der Waals surface area contributed by atoms with Crippen LogP contribution in [0.25, 0.3) is 22.5 Å². The van der Waals surface area contributed by atoms with E-state index in [2.05, 4.69) is 32.8 Å². The zero-order valence-electron chi connectivity index (χ0n) is 34.1. The molecule has 2 aliphatic rings. The van der Waals surface area contributed by atoms with Crippen LogP contribution >= 0.6 is 12.4 Å². The molecule has 0 spiro atoms. The summed E-state index contributed by atoms with van der Waals surface area (Å²) in [5.74, 6) is -16.3. The smallest absolute Gasteiger partial charge is 0.411 e. The Hall–Kier alpha value is -5.39. The minimum absolute atomic E-state index is 0. The highest BCUT2D eigenvalue weighted by atomic mass is 35.5. The second-order valence-electron chi connectivity index (χ2n) is 15.9. The number of aromatic amines is 1. The summed E-state index contributed by atoms with van der Waals surface area (Å²) < 4.78 is 55.9. The summed E-state index contributed by atoms with van der Waals surface area (Å²) in [4.78, 5) is 57.6. The molecule has 328 valence electrons. The van der Waals surface area contributed by atoms with Crippen LogP contribution in [0, 0.1) is 18.8 Å². The van der Waals surface area contributed by atoms with Gasteiger partial charge in [0.1, 0.15) is 6.04 Å². The Morgan fingerprint density at radius 3 is 2.13 bits per heavy atom. The van der Waals surface area contributed by atoms with Gasteiger partial charge in [-0.25, -0.2) is 4.79 Å². The van der Waals surface area contributed by atoms with Crippen molar-refractivity contribution in [3.05, 3.63) is 89.2 Å². The van der Waals surface area contributed by atoms with Crippen molar-refractivity contribution in [2.75, 3.05) is 39.0 Å². The topological polar surface area (TPSA) is 187 Å². The van der Waals surface area contributed by atoms with Gasteiger partial charge in [0.2, 0.25) is 17.6 Å². The van der Waals surface area contributed by atoms with Gasteiger partial charge in [-0.05, 0) is 137 Å². The zero-order valence-corrected chi connectivity index (χ0v) is 34.9. The number of anilines is 1. The number of aliphatic carboxylic acids is 1. The third-order valence-electron chi connectivity index (χ3n) is 11.8. The number of alkyl halides is 4. The molecule has 13 nitrogen and oxygen atoms in total. The molecule has 0 unspecified atom stereocenters. The predicted octanol–water partition coefficient (Wildman–Crippen LogP) is 6.28. The first kappa shape index (κ1) is 46.7. The number of nitrogens with one attached hydrogen (secondary N) is 3. The number of rotatable bonds is 14. The van der Waals surface area contributed by atoms with Gasteiger partial charge < -0.3 is 36.3 Å². The number of hydrogen-bond donors (Lipinski definition) is 5. The van der Waals surface area contributed by atoms with Gasteiger partial charge in [0.05, 0.1) is 0 Å². The summed E-state index contributed by atoms with van der Waals surface area (Å²) in [6.07, 6.45) is 4.96. The number of hydrogen-bond acceptors (Lipinski definition) is 8. The molecule has 3 amide bonds. The average molecular weight is 871 g/mol. The average Bonchev–Trinajstić information content (AvgIpc) is 3.75. The third-order valence-corrected chi connectivity index (χ3v) is 11.8. The van der Waals surface area contributed by atoms with Crippen LogP contribution in [0.4, 0.5) is 23.2 Å². The van der Waals surface area contributed by atoms with Crippen molar-refractivity contribution < 1.29 is 41.8 Å². The van der Waals surface area contributed by atoms with Crippen LogP contribution < -0.4 is 16.4 Å². The molecule has 2 fully saturated rings. The van der Waals surface area contributed by atoms with E-state index in [1.807, 2.05) is 66.3 Å². The molecule has 1 aromatic heterocycles. The lowest BCUT2D eigenvalue weighted by molar-refractivity contribution is -0.231. The highest BCUT2D eigenvalue weighted by Gasteiger charge is 2.65. The minimum atomic E-state index is -5.44. The fourth-order valence-corrected chi connectivity index (χ4v) is 7.84. The molecule has 61 heavy (non-hydrogen) atoms. The molecule has 2 heterocycles.